The molecule has 0 radical (unpaired) electrons. The molecule has 188 valence electrons. The van der Waals surface area contributed by atoms with Crippen LogP contribution < -0.4 is 15.0 Å². The molecule has 2 aromatic heterocycles. The number of thiophene rings is 1. The van der Waals surface area contributed by atoms with Crippen LogP contribution >= 0.6 is 11.3 Å². The predicted octanol–water partition coefficient (Wildman–Crippen LogP) is 4.97. The van der Waals surface area contributed by atoms with Crippen molar-refractivity contribution in [1.82, 2.24) is 9.88 Å². The summed E-state index contributed by atoms with van der Waals surface area (Å²) < 4.78 is 7.52. The van der Waals surface area contributed by atoms with Gasteiger partial charge in [0, 0.05) is 22.3 Å². The van der Waals surface area contributed by atoms with Crippen molar-refractivity contribution < 1.29 is 19.1 Å². The summed E-state index contributed by atoms with van der Waals surface area (Å²) in [5.74, 6) is -0.948. The summed E-state index contributed by atoms with van der Waals surface area (Å²) in [5.41, 5.74) is 4.38. The Hall–Kier alpha value is -4.16. The third-order valence-electron chi connectivity index (χ3n) is 6.73. The molecular weight excluding hydrogens is 488 g/mol. The van der Waals surface area contributed by atoms with Crippen LogP contribution in [0, 0.1) is 25.2 Å². The van der Waals surface area contributed by atoms with Gasteiger partial charge in [-0.2, -0.15) is 5.26 Å². The minimum atomic E-state index is -0.811. The van der Waals surface area contributed by atoms with E-state index in [0.29, 0.717) is 29.2 Å². The van der Waals surface area contributed by atoms with Gasteiger partial charge in [0.2, 0.25) is 0 Å². The van der Waals surface area contributed by atoms with Crippen molar-refractivity contribution in [2.75, 3.05) is 11.5 Å². The molecule has 1 fully saturated rings. The van der Waals surface area contributed by atoms with Crippen LogP contribution in [0.25, 0.3) is 11.1 Å². The van der Waals surface area contributed by atoms with Crippen LogP contribution in [-0.2, 0) is 22.4 Å². The molecule has 0 bridgehead atoms. The Morgan fingerprint density at radius 3 is 2.70 bits per heavy atom. The minimum Gasteiger partial charge on any atom is -0.494 e. The molecule has 1 aromatic carbocycles. The van der Waals surface area contributed by atoms with E-state index in [1.807, 2.05) is 31.4 Å². The Kier molecular flexibility index (Phi) is 6.44. The first-order valence-corrected chi connectivity index (χ1v) is 13.0. The molecule has 2 aliphatic rings. The van der Waals surface area contributed by atoms with Gasteiger partial charge in [0.25, 0.3) is 11.8 Å². The van der Waals surface area contributed by atoms with Crippen molar-refractivity contribution in [2.45, 2.75) is 46.5 Å². The Morgan fingerprint density at radius 1 is 1.16 bits per heavy atom. The van der Waals surface area contributed by atoms with E-state index in [4.69, 9.17) is 4.74 Å². The van der Waals surface area contributed by atoms with Gasteiger partial charge in [-0.15, -0.1) is 11.3 Å². The number of carbonyl (C=O) groups excluding carboxylic acids is 3. The standard InChI is InChI=1S/C28H26N4O4S/c1-4-36-20-9-7-8-19(14-20)32-26(34)22(25(33)30-28(32)35)13-18-12-16(2)31(17(18)3)27-23(15-29)21-10-5-6-11-24(21)37-27/h7-9,12-14H,4-6,10-11H2,1-3H3,(H,30,33,35). The van der Waals surface area contributed by atoms with Gasteiger partial charge in [-0.05, 0) is 81.9 Å². The number of imide groups is 2. The molecule has 37 heavy (non-hydrogen) atoms. The second-order valence-electron chi connectivity index (χ2n) is 9.05. The van der Waals surface area contributed by atoms with Gasteiger partial charge in [-0.1, -0.05) is 6.07 Å². The number of nitriles is 1. The lowest BCUT2D eigenvalue weighted by molar-refractivity contribution is -0.122. The number of hydrogen-bond acceptors (Lipinski definition) is 6. The van der Waals surface area contributed by atoms with Crippen molar-refractivity contribution in [2.24, 2.45) is 0 Å². The van der Waals surface area contributed by atoms with Crippen LogP contribution in [-0.4, -0.2) is 29.0 Å². The van der Waals surface area contributed by atoms with Gasteiger partial charge in [-0.3, -0.25) is 14.9 Å². The first kappa shape index (κ1) is 24.5. The van der Waals surface area contributed by atoms with Gasteiger partial charge in [0.05, 0.1) is 17.9 Å². The van der Waals surface area contributed by atoms with Crippen LogP contribution in [0.5, 0.6) is 5.75 Å². The maximum absolute atomic E-state index is 13.4. The minimum absolute atomic E-state index is 0.146. The third-order valence-corrected chi connectivity index (χ3v) is 8.00. The molecule has 0 atom stereocenters. The largest absolute Gasteiger partial charge is 0.494 e. The van der Waals surface area contributed by atoms with Crippen molar-refractivity contribution in [3.8, 4) is 16.8 Å². The molecule has 3 heterocycles. The lowest BCUT2D eigenvalue weighted by Gasteiger charge is -2.26. The normalized spacial score (nSPS) is 16.5. The number of amides is 4. The Balaban J connectivity index is 1.55. The Morgan fingerprint density at radius 2 is 1.95 bits per heavy atom. The average Bonchev–Trinajstić information content (AvgIpc) is 3.37. The number of nitrogens with zero attached hydrogens (tertiary/aromatic N) is 3. The van der Waals surface area contributed by atoms with Crippen LogP contribution in [0.1, 0.15) is 52.7 Å². The number of fused-ring (bicyclic) bond motifs is 1. The molecule has 0 saturated carbocycles. The number of aromatic nitrogens is 1. The number of urea groups is 1. The topological polar surface area (TPSA) is 104 Å². The van der Waals surface area contributed by atoms with Crippen LogP contribution in [0.4, 0.5) is 10.5 Å². The fraction of sp³-hybridized carbons (Fsp3) is 0.286. The Labute approximate surface area is 218 Å². The summed E-state index contributed by atoms with van der Waals surface area (Å²) in [6, 6.07) is 10.1. The molecule has 8 nitrogen and oxygen atoms in total. The van der Waals surface area contributed by atoms with E-state index in [1.54, 1.807) is 35.6 Å². The molecule has 1 saturated heterocycles. The molecule has 1 aliphatic heterocycles. The first-order chi connectivity index (χ1) is 17.8. The van der Waals surface area contributed by atoms with E-state index in [1.165, 1.54) is 11.0 Å². The molecule has 9 heteroatoms. The van der Waals surface area contributed by atoms with E-state index >= 15 is 0 Å². The SMILES string of the molecule is CCOc1cccc(N2C(=O)NC(=O)C(=Cc3cc(C)n(-c4sc5c(c4C#N)CCCC5)c3C)C2=O)c1. The zero-order chi connectivity index (χ0) is 26.3. The smallest absolute Gasteiger partial charge is 0.335 e. The highest BCUT2D eigenvalue weighted by molar-refractivity contribution is 7.15. The quantitative estimate of drug-likeness (QED) is 0.382. The Bertz CT molecular complexity index is 1520. The van der Waals surface area contributed by atoms with Gasteiger partial charge in [0.15, 0.2) is 0 Å². The second-order valence-corrected chi connectivity index (χ2v) is 10.1. The third kappa shape index (κ3) is 4.23. The summed E-state index contributed by atoms with van der Waals surface area (Å²) in [6.07, 6.45) is 5.61. The molecule has 3 aromatic rings. The number of rotatable bonds is 5. The number of barbiturate groups is 1. The van der Waals surface area contributed by atoms with E-state index in [2.05, 4.69) is 11.4 Å². The molecule has 1 aliphatic carbocycles. The summed E-state index contributed by atoms with van der Waals surface area (Å²) >= 11 is 1.64. The van der Waals surface area contributed by atoms with Gasteiger partial charge in [-0.25, -0.2) is 9.69 Å². The molecule has 4 amide bonds. The monoisotopic (exact) mass is 514 g/mol. The summed E-state index contributed by atoms with van der Waals surface area (Å²) in [7, 11) is 0. The predicted molar refractivity (Wildman–Crippen MR) is 141 cm³/mol. The zero-order valence-corrected chi connectivity index (χ0v) is 21.7. The molecule has 1 N–H and O–H groups in total. The summed E-state index contributed by atoms with van der Waals surface area (Å²) in [5, 5.41) is 13.1. The number of anilines is 1. The van der Waals surface area contributed by atoms with Gasteiger partial charge >= 0.3 is 6.03 Å². The number of ether oxygens (including phenoxy) is 1. The molecule has 5 rings (SSSR count). The highest BCUT2D eigenvalue weighted by Gasteiger charge is 2.37. The van der Waals surface area contributed by atoms with Gasteiger partial charge < -0.3 is 9.30 Å². The van der Waals surface area contributed by atoms with Crippen LogP contribution in [0.2, 0.25) is 0 Å². The first-order valence-electron chi connectivity index (χ1n) is 12.2. The van der Waals surface area contributed by atoms with E-state index in [9.17, 15) is 19.6 Å². The van der Waals surface area contributed by atoms with Crippen molar-refractivity contribution >= 4 is 40.9 Å². The van der Waals surface area contributed by atoms with Crippen molar-refractivity contribution in [3.63, 3.8) is 0 Å². The average molecular weight is 515 g/mol. The molecule has 0 spiro atoms. The number of benzene rings is 1. The van der Waals surface area contributed by atoms with E-state index in [-0.39, 0.29) is 5.57 Å². The lowest BCUT2D eigenvalue weighted by atomic mass is 9.96. The molecule has 0 unspecified atom stereocenters. The maximum atomic E-state index is 13.4. The number of hydrogen-bond donors (Lipinski definition) is 1. The van der Waals surface area contributed by atoms with Crippen molar-refractivity contribution in [3.05, 3.63) is 68.9 Å². The number of carbonyl (C=O) groups is 3. The van der Waals surface area contributed by atoms with Gasteiger partial charge in [0.1, 0.15) is 22.4 Å². The number of aryl methyl sites for hydroxylation is 2. The highest BCUT2D eigenvalue weighted by atomic mass is 32.1. The van der Waals surface area contributed by atoms with E-state index in [0.717, 1.165) is 52.5 Å². The van der Waals surface area contributed by atoms with E-state index < -0.39 is 17.8 Å². The maximum Gasteiger partial charge on any atom is 0.335 e. The summed E-state index contributed by atoms with van der Waals surface area (Å²) in [6.45, 7) is 6.11. The molecular formula is C28H26N4O4S. The fourth-order valence-electron chi connectivity index (χ4n) is 5.00. The second kappa shape index (κ2) is 9.71. The highest BCUT2D eigenvalue weighted by Crippen LogP contribution is 2.38. The van der Waals surface area contributed by atoms with Crippen LogP contribution in [0.15, 0.2) is 35.9 Å². The summed E-state index contributed by atoms with van der Waals surface area (Å²) in [4.78, 5) is 41.0. The zero-order valence-electron chi connectivity index (χ0n) is 20.9. The van der Waals surface area contributed by atoms with Crippen LogP contribution in [0.3, 0.4) is 0 Å². The lowest BCUT2D eigenvalue weighted by Crippen LogP contribution is -2.54. The van der Waals surface area contributed by atoms with Crippen molar-refractivity contribution in [1.29, 1.82) is 5.26 Å². The fourth-order valence-corrected chi connectivity index (χ4v) is 6.45. The number of nitrogens with one attached hydrogen (secondary N) is 1.